The summed E-state index contributed by atoms with van der Waals surface area (Å²) in [6.07, 6.45) is 1.11. The van der Waals surface area contributed by atoms with Gasteiger partial charge in [0.15, 0.2) is 0 Å². The smallest absolute Gasteiger partial charge is 0.315 e. The van der Waals surface area contributed by atoms with E-state index < -0.39 is 43.2 Å². The molecule has 0 radical (unpaired) electrons. The zero-order valence-corrected chi connectivity index (χ0v) is 38.1. The first kappa shape index (κ1) is 49.2. The second kappa shape index (κ2) is 23.0. The number of likely N-dealkylation sites (N-methyl/N-ethyl adjacent to an activating group) is 1. The molecule has 13 nitrogen and oxygen atoms in total. The van der Waals surface area contributed by atoms with Crippen LogP contribution in [0.4, 0.5) is 0 Å². The Morgan fingerprint density at radius 2 is 1.62 bits per heavy atom. The fraction of sp³-hybridized carbons (Fsp3) is 0.750. The molecule has 2 amide bonds. The summed E-state index contributed by atoms with van der Waals surface area (Å²) in [5.41, 5.74) is -0.163. The van der Waals surface area contributed by atoms with Crippen LogP contribution in [0.1, 0.15) is 93.1 Å². The van der Waals surface area contributed by atoms with E-state index in [0.717, 1.165) is 56.8 Å². The first-order valence-electron chi connectivity index (χ1n) is 21.4. The van der Waals surface area contributed by atoms with Crippen LogP contribution in [0.3, 0.4) is 0 Å². The molecular formula is C44H74N5O8P. The lowest BCUT2D eigenvalue weighted by Gasteiger charge is -2.40. The number of esters is 1. The molecule has 2 saturated heterocycles. The molecule has 2 heterocycles. The van der Waals surface area contributed by atoms with Crippen molar-refractivity contribution in [1.82, 2.24) is 20.0 Å². The lowest BCUT2D eigenvalue weighted by molar-refractivity contribution is -0.144. The van der Waals surface area contributed by atoms with Crippen LogP contribution in [0.15, 0.2) is 35.3 Å². The maximum absolute atomic E-state index is 14.5. The number of methoxy groups -OCH3 is 2. The molecule has 0 aromatic heterocycles. The first-order valence-corrected chi connectivity index (χ1v) is 23.4. The highest BCUT2D eigenvalue weighted by atomic mass is 31.2. The topological polar surface area (TPSA) is 158 Å². The minimum absolute atomic E-state index is 0.0256. The zero-order valence-electron chi connectivity index (χ0n) is 37.2. The van der Waals surface area contributed by atoms with E-state index >= 15 is 0 Å². The Morgan fingerprint density at radius 3 is 2.17 bits per heavy atom. The number of ether oxygens (including phenoxy) is 2. The van der Waals surface area contributed by atoms with Crippen molar-refractivity contribution in [3.8, 4) is 0 Å². The van der Waals surface area contributed by atoms with Crippen LogP contribution in [-0.2, 0) is 39.6 Å². The summed E-state index contributed by atoms with van der Waals surface area (Å²) in [7, 11) is 0.469. The molecule has 14 heteroatoms. The Bertz CT molecular complexity index is 1570. The van der Waals surface area contributed by atoms with Crippen molar-refractivity contribution in [3.05, 3.63) is 35.9 Å². The lowest BCUT2D eigenvalue weighted by atomic mass is 9.83. The molecule has 0 saturated carbocycles. The van der Waals surface area contributed by atoms with Crippen LogP contribution in [0, 0.1) is 29.6 Å². The molecule has 1 unspecified atom stereocenters. The van der Waals surface area contributed by atoms with E-state index in [1.54, 1.807) is 12.0 Å². The Balaban J connectivity index is 1.81. The maximum atomic E-state index is 14.5. The highest BCUT2D eigenvalue weighted by Crippen LogP contribution is 2.49. The van der Waals surface area contributed by atoms with E-state index in [1.165, 1.54) is 7.11 Å². The Labute approximate surface area is 348 Å². The number of hydrogen-bond donors (Lipinski definition) is 2. The minimum Gasteiger partial charge on any atom is -0.469 e. The van der Waals surface area contributed by atoms with Gasteiger partial charge >= 0.3 is 5.97 Å². The quantitative estimate of drug-likeness (QED) is 0.0699. The van der Waals surface area contributed by atoms with Crippen LogP contribution in [0.5, 0.6) is 0 Å². The van der Waals surface area contributed by atoms with Gasteiger partial charge in [-0.15, -0.1) is 0 Å². The van der Waals surface area contributed by atoms with Crippen LogP contribution in [0.25, 0.3) is 0 Å². The van der Waals surface area contributed by atoms with Gasteiger partial charge in [0.1, 0.15) is 23.8 Å². The predicted molar refractivity (Wildman–Crippen MR) is 230 cm³/mol. The normalized spacial score (nSPS) is 21.1. The first-order chi connectivity index (χ1) is 27.4. The number of amides is 2. The van der Waals surface area contributed by atoms with Crippen LogP contribution in [-0.4, -0.2) is 139 Å². The largest absolute Gasteiger partial charge is 0.469 e. The number of nitrogens with one attached hydrogen (secondary N) is 1. The SMILES string of the molecule is CC[C@H](C)[C@@H]([C@@H](CC(=O)N1CCC[C@H]1[C@H](C)[C@@H](C)C(=O)C[C@@H](Cc1ccccc1)P(=O)(O)CC(=O)OC)OC)N(C)C(=O)[C@@H](N=C(C(C)C)N1CCNCC1)C(C)C. The molecule has 1 aromatic carbocycles. The third kappa shape index (κ3) is 13.2. The van der Waals surface area contributed by atoms with Gasteiger partial charge in [0.05, 0.1) is 25.7 Å². The Kier molecular flexibility index (Phi) is 19.6. The molecule has 9 atom stereocenters. The molecule has 2 fully saturated rings. The number of amidine groups is 1. The molecule has 2 aliphatic rings. The van der Waals surface area contributed by atoms with Gasteiger partial charge in [0, 0.05) is 76.8 Å². The third-order valence-electron chi connectivity index (χ3n) is 12.6. The number of carbonyl (C=O) groups is 4. The standard InChI is InChI=1S/C44H74N5O8P/c1-12-31(6)42(47(9)44(53)41(29(2)3)46-43(30(4)5)48-23-20-45-21-24-48)38(56-10)27-39(51)49-22-16-19-36(49)32(7)33(8)37(50)26-35(25-34-17-14-13-15-18-34)58(54,55)28-40(52)57-11/h13-15,17-18,29-33,35-36,38,41-42,45H,12,16,19-28H2,1-11H3,(H,54,55)/t31-,32+,33+,35+,36-,38+,41-,42-/m0/s1. The molecule has 328 valence electrons. The number of ketones is 1. The van der Waals surface area contributed by atoms with Crippen molar-refractivity contribution in [3.63, 3.8) is 0 Å². The molecule has 2 N–H and O–H groups in total. The molecule has 1 aromatic rings. The van der Waals surface area contributed by atoms with Crippen molar-refractivity contribution in [2.24, 2.45) is 34.6 Å². The van der Waals surface area contributed by atoms with Gasteiger partial charge in [-0.25, -0.2) is 0 Å². The van der Waals surface area contributed by atoms with Gasteiger partial charge in [0.25, 0.3) is 0 Å². The van der Waals surface area contributed by atoms with Gasteiger partial charge in [-0.2, -0.15) is 0 Å². The molecule has 58 heavy (non-hydrogen) atoms. The van der Waals surface area contributed by atoms with E-state index in [2.05, 4.69) is 37.9 Å². The number of piperazine rings is 1. The zero-order chi connectivity index (χ0) is 43.3. The second-order valence-corrected chi connectivity index (χ2v) is 19.9. The number of nitrogens with zero attached hydrogens (tertiary/aromatic N) is 4. The number of likely N-dealkylation sites (tertiary alicyclic amines) is 1. The fourth-order valence-electron chi connectivity index (χ4n) is 8.66. The van der Waals surface area contributed by atoms with E-state index in [-0.39, 0.29) is 72.6 Å². The summed E-state index contributed by atoms with van der Waals surface area (Å²) in [6, 6.07) is 8.00. The second-order valence-electron chi connectivity index (χ2n) is 17.3. The van der Waals surface area contributed by atoms with Crippen molar-refractivity contribution in [1.29, 1.82) is 0 Å². The highest BCUT2D eigenvalue weighted by Gasteiger charge is 2.43. The Hall–Kier alpha value is -3.12. The number of Topliss-reactive ketones (excluding diaryl/α,β-unsaturated/α-hetero) is 1. The summed E-state index contributed by atoms with van der Waals surface area (Å²) >= 11 is 0. The number of rotatable bonds is 21. The summed E-state index contributed by atoms with van der Waals surface area (Å²) in [6.45, 7) is 20.2. The summed E-state index contributed by atoms with van der Waals surface area (Å²) in [4.78, 5) is 77.0. The average Bonchev–Trinajstić information content (AvgIpc) is 3.70. The molecule has 0 bridgehead atoms. The van der Waals surface area contributed by atoms with Crippen molar-refractivity contribution >= 4 is 36.8 Å². The van der Waals surface area contributed by atoms with Crippen LogP contribution in [0.2, 0.25) is 0 Å². The highest BCUT2D eigenvalue weighted by molar-refractivity contribution is 7.59. The van der Waals surface area contributed by atoms with Gasteiger partial charge in [0.2, 0.25) is 19.2 Å². The van der Waals surface area contributed by atoms with Gasteiger partial charge < -0.3 is 34.4 Å². The summed E-state index contributed by atoms with van der Waals surface area (Å²) in [5, 5.41) is 3.40. The molecule has 0 aliphatic carbocycles. The van der Waals surface area contributed by atoms with E-state index in [1.807, 2.05) is 70.0 Å². The minimum atomic E-state index is -4.12. The van der Waals surface area contributed by atoms with Crippen LogP contribution < -0.4 is 5.32 Å². The Morgan fingerprint density at radius 1 is 0.983 bits per heavy atom. The number of benzene rings is 1. The monoisotopic (exact) mass is 832 g/mol. The number of aliphatic imine (C=N–C) groups is 1. The average molecular weight is 832 g/mol. The van der Waals surface area contributed by atoms with Gasteiger partial charge in [-0.1, -0.05) is 92.1 Å². The van der Waals surface area contributed by atoms with E-state index in [0.29, 0.717) is 6.54 Å². The summed E-state index contributed by atoms with van der Waals surface area (Å²) < 4.78 is 24.4. The van der Waals surface area contributed by atoms with Crippen molar-refractivity contribution in [2.75, 3.05) is 60.2 Å². The maximum Gasteiger partial charge on any atom is 0.315 e. The molecule has 0 spiro atoms. The van der Waals surface area contributed by atoms with E-state index in [9.17, 15) is 28.6 Å². The van der Waals surface area contributed by atoms with E-state index in [4.69, 9.17) is 14.5 Å². The summed E-state index contributed by atoms with van der Waals surface area (Å²) in [5.74, 6) is -0.832. The van der Waals surface area contributed by atoms with Crippen LogP contribution >= 0.6 is 7.37 Å². The molecule has 3 rings (SSSR count). The number of hydrogen-bond acceptors (Lipinski definition) is 9. The number of carbonyl (C=O) groups excluding carboxylic acids is 4. The molecular weight excluding hydrogens is 757 g/mol. The lowest BCUT2D eigenvalue weighted by Crippen LogP contribution is -2.54. The van der Waals surface area contributed by atoms with Crippen molar-refractivity contribution in [2.45, 2.75) is 124 Å². The molecule has 2 aliphatic heterocycles. The van der Waals surface area contributed by atoms with Gasteiger partial charge in [-0.3, -0.25) is 28.7 Å². The fourth-order valence-corrected chi connectivity index (χ4v) is 10.4. The predicted octanol–water partition coefficient (Wildman–Crippen LogP) is 5.53. The van der Waals surface area contributed by atoms with Gasteiger partial charge in [-0.05, 0) is 42.6 Å². The van der Waals surface area contributed by atoms with Crippen molar-refractivity contribution < 1.29 is 38.1 Å². The third-order valence-corrected chi connectivity index (χ3v) is 14.8.